The number of nitrogens with one attached hydrogen (secondary N) is 2. The van der Waals surface area contributed by atoms with Gasteiger partial charge in [-0.3, -0.25) is 4.79 Å². The van der Waals surface area contributed by atoms with E-state index in [4.69, 9.17) is 14.2 Å². The average Bonchev–Trinajstić information content (AvgIpc) is 2.83. The van der Waals surface area contributed by atoms with Gasteiger partial charge < -0.3 is 34.6 Å². The largest absolute Gasteiger partial charge is 0.493 e. The quantitative estimate of drug-likeness (QED) is 0.685. The summed E-state index contributed by atoms with van der Waals surface area (Å²) < 4.78 is 15.9. The van der Waals surface area contributed by atoms with E-state index >= 15 is 0 Å². The molecule has 3 rings (SSSR count). The Morgan fingerprint density at radius 2 is 1.50 bits per heavy atom. The number of nitrogens with zero attached hydrogens (tertiary/aromatic N) is 2. The molecule has 2 aromatic carbocycles. The van der Waals surface area contributed by atoms with Gasteiger partial charge in [0, 0.05) is 49.7 Å². The van der Waals surface area contributed by atoms with Crippen molar-refractivity contribution in [3.8, 4) is 17.2 Å². The standard InChI is InChI=1S/C23H30N4O5/c1-16(22(28)25-17-14-19(30-2)21(32-4)20(15-17)31-3)24-23(29)27-12-10-26(11-13-27)18-8-6-5-7-9-18/h5-9,14-16H,10-13H2,1-4H3,(H,24,29)(H,25,28)/t16-/m0/s1. The van der Waals surface area contributed by atoms with Gasteiger partial charge >= 0.3 is 6.03 Å². The topological polar surface area (TPSA) is 92.4 Å². The predicted octanol–water partition coefficient (Wildman–Crippen LogP) is 2.57. The third-order valence-corrected chi connectivity index (χ3v) is 5.35. The number of piperazine rings is 1. The Labute approximate surface area is 188 Å². The zero-order chi connectivity index (χ0) is 23.1. The molecule has 1 aliphatic heterocycles. The van der Waals surface area contributed by atoms with Crippen LogP contribution in [-0.2, 0) is 4.79 Å². The minimum Gasteiger partial charge on any atom is -0.493 e. The molecule has 3 amide bonds. The molecule has 9 heteroatoms. The monoisotopic (exact) mass is 442 g/mol. The van der Waals surface area contributed by atoms with E-state index < -0.39 is 6.04 Å². The smallest absolute Gasteiger partial charge is 0.318 e. The molecule has 32 heavy (non-hydrogen) atoms. The van der Waals surface area contributed by atoms with Crippen LogP contribution in [0.15, 0.2) is 42.5 Å². The van der Waals surface area contributed by atoms with Crippen molar-refractivity contribution in [2.45, 2.75) is 13.0 Å². The molecular weight excluding hydrogens is 412 g/mol. The third kappa shape index (κ3) is 5.35. The fraction of sp³-hybridized carbons (Fsp3) is 0.391. The summed E-state index contributed by atoms with van der Waals surface area (Å²) in [5.74, 6) is 0.935. The Bertz CT molecular complexity index is 904. The van der Waals surface area contributed by atoms with Crippen LogP contribution in [0.1, 0.15) is 6.92 Å². The van der Waals surface area contributed by atoms with Gasteiger partial charge in [0.15, 0.2) is 11.5 Å². The minimum absolute atomic E-state index is 0.259. The van der Waals surface area contributed by atoms with Crippen molar-refractivity contribution >= 4 is 23.3 Å². The SMILES string of the molecule is COc1cc(NC(=O)[C@H](C)NC(=O)N2CCN(c3ccccc3)CC2)cc(OC)c1OC. The molecule has 0 aromatic heterocycles. The van der Waals surface area contributed by atoms with Gasteiger partial charge in [0.2, 0.25) is 11.7 Å². The van der Waals surface area contributed by atoms with E-state index in [2.05, 4.69) is 27.7 Å². The Hall–Kier alpha value is -3.62. The van der Waals surface area contributed by atoms with Crippen LogP contribution in [-0.4, -0.2) is 70.4 Å². The summed E-state index contributed by atoms with van der Waals surface area (Å²) in [5, 5.41) is 5.56. The fourth-order valence-corrected chi connectivity index (χ4v) is 3.55. The Morgan fingerprint density at radius 1 is 0.906 bits per heavy atom. The van der Waals surface area contributed by atoms with E-state index in [1.54, 1.807) is 24.0 Å². The van der Waals surface area contributed by atoms with Gasteiger partial charge in [0.05, 0.1) is 21.3 Å². The maximum absolute atomic E-state index is 12.7. The number of ether oxygens (including phenoxy) is 3. The molecule has 0 saturated carbocycles. The number of rotatable bonds is 7. The molecule has 0 unspecified atom stereocenters. The summed E-state index contributed by atoms with van der Waals surface area (Å²) in [7, 11) is 4.52. The summed E-state index contributed by atoms with van der Waals surface area (Å²) >= 11 is 0. The number of anilines is 2. The number of hydrogen-bond donors (Lipinski definition) is 2. The van der Waals surface area contributed by atoms with Gasteiger partial charge in [-0.2, -0.15) is 0 Å². The number of para-hydroxylation sites is 1. The normalized spacial score (nSPS) is 14.4. The lowest BCUT2D eigenvalue weighted by Gasteiger charge is -2.36. The van der Waals surface area contributed by atoms with Crippen molar-refractivity contribution in [3.05, 3.63) is 42.5 Å². The summed E-state index contributed by atoms with van der Waals surface area (Å²) in [6.07, 6.45) is 0. The second-order valence-corrected chi connectivity index (χ2v) is 7.38. The Morgan fingerprint density at radius 3 is 2.03 bits per heavy atom. The molecule has 0 radical (unpaired) electrons. The van der Waals surface area contributed by atoms with Crippen LogP contribution in [0.4, 0.5) is 16.2 Å². The van der Waals surface area contributed by atoms with E-state index in [9.17, 15) is 9.59 Å². The first-order valence-electron chi connectivity index (χ1n) is 10.4. The molecule has 1 atom stereocenters. The van der Waals surface area contributed by atoms with Crippen LogP contribution in [0.25, 0.3) is 0 Å². The zero-order valence-corrected chi connectivity index (χ0v) is 18.9. The molecule has 0 bridgehead atoms. The number of benzene rings is 2. The maximum Gasteiger partial charge on any atom is 0.318 e. The van der Waals surface area contributed by atoms with Crippen molar-refractivity contribution in [1.29, 1.82) is 0 Å². The molecule has 0 aliphatic carbocycles. The first kappa shape index (κ1) is 23.1. The van der Waals surface area contributed by atoms with Crippen LogP contribution in [0.3, 0.4) is 0 Å². The predicted molar refractivity (Wildman–Crippen MR) is 123 cm³/mol. The number of methoxy groups -OCH3 is 3. The van der Waals surface area contributed by atoms with Gasteiger partial charge in [0.25, 0.3) is 0 Å². The first-order chi connectivity index (χ1) is 15.5. The molecule has 172 valence electrons. The van der Waals surface area contributed by atoms with Crippen LogP contribution >= 0.6 is 0 Å². The molecule has 2 aromatic rings. The molecule has 9 nitrogen and oxygen atoms in total. The van der Waals surface area contributed by atoms with Crippen molar-refractivity contribution in [2.24, 2.45) is 0 Å². The third-order valence-electron chi connectivity index (χ3n) is 5.35. The van der Waals surface area contributed by atoms with Gasteiger partial charge in [-0.15, -0.1) is 0 Å². The Kier molecular flexibility index (Phi) is 7.64. The van der Waals surface area contributed by atoms with E-state index in [1.807, 2.05) is 18.2 Å². The summed E-state index contributed by atoms with van der Waals surface area (Å²) in [5.41, 5.74) is 1.62. The molecule has 2 N–H and O–H groups in total. The van der Waals surface area contributed by atoms with Crippen LogP contribution in [0, 0.1) is 0 Å². The Balaban J connectivity index is 1.55. The highest BCUT2D eigenvalue weighted by Crippen LogP contribution is 2.39. The molecular formula is C23H30N4O5. The van der Waals surface area contributed by atoms with Crippen molar-refractivity contribution in [3.63, 3.8) is 0 Å². The lowest BCUT2D eigenvalue weighted by atomic mass is 10.2. The summed E-state index contributed by atoms with van der Waals surface area (Å²) in [6.45, 7) is 4.29. The zero-order valence-electron chi connectivity index (χ0n) is 18.9. The molecule has 0 spiro atoms. The fourth-order valence-electron chi connectivity index (χ4n) is 3.55. The van der Waals surface area contributed by atoms with Crippen LogP contribution in [0.5, 0.6) is 17.2 Å². The first-order valence-corrected chi connectivity index (χ1v) is 10.4. The van der Waals surface area contributed by atoms with Crippen LogP contribution in [0.2, 0.25) is 0 Å². The van der Waals surface area contributed by atoms with Gasteiger partial charge in [-0.25, -0.2) is 4.79 Å². The molecule has 1 saturated heterocycles. The van der Waals surface area contributed by atoms with E-state index in [1.165, 1.54) is 21.3 Å². The highest BCUT2D eigenvalue weighted by Gasteiger charge is 2.24. The van der Waals surface area contributed by atoms with E-state index in [0.29, 0.717) is 36.0 Å². The van der Waals surface area contributed by atoms with Crippen molar-refractivity contribution in [2.75, 3.05) is 57.7 Å². The number of urea groups is 1. The highest BCUT2D eigenvalue weighted by molar-refractivity contribution is 5.97. The van der Waals surface area contributed by atoms with Gasteiger partial charge in [-0.05, 0) is 19.1 Å². The lowest BCUT2D eigenvalue weighted by Crippen LogP contribution is -2.54. The lowest BCUT2D eigenvalue weighted by molar-refractivity contribution is -0.117. The summed E-state index contributed by atoms with van der Waals surface area (Å²) in [6, 6.07) is 12.4. The number of amides is 3. The molecule has 1 aliphatic rings. The second-order valence-electron chi connectivity index (χ2n) is 7.38. The van der Waals surface area contributed by atoms with Crippen LogP contribution < -0.4 is 29.7 Å². The number of carbonyl (C=O) groups excluding carboxylic acids is 2. The average molecular weight is 443 g/mol. The highest BCUT2D eigenvalue weighted by atomic mass is 16.5. The van der Waals surface area contributed by atoms with Crippen molar-refractivity contribution in [1.82, 2.24) is 10.2 Å². The number of hydrogen-bond acceptors (Lipinski definition) is 6. The molecule has 1 heterocycles. The van der Waals surface area contributed by atoms with E-state index in [0.717, 1.165) is 18.8 Å². The van der Waals surface area contributed by atoms with E-state index in [-0.39, 0.29) is 11.9 Å². The summed E-state index contributed by atoms with van der Waals surface area (Å²) in [4.78, 5) is 29.3. The van der Waals surface area contributed by atoms with Crippen molar-refractivity contribution < 1.29 is 23.8 Å². The maximum atomic E-state index is 12.7. The van der Waals surface area contributed by atoms with Gasteiger partial charge in [-0.1, -0.05) is 18.2 Å². The molecule has 1 fully saturated rings. The second kappa shape index (κ2) is 10.6. The number of carbonyl (C=O) groups is 2. The minimum atomic E-state index is -0.728. The van der Waals surface area contributed by atoms with Gasteiger partial charge in [0.1, 0.15) is 6.04 Å².